The summed E-state index contributed by atoms with van der Waals surface area (Å²) in [5, 5.41) is 11.0. The van der Waals surface area contributed by atoms with E-state index in [4.69, 9.17) is 4.74 Å². The highest BCUT2D eigenvalue weighted by molar-refractivity contribution is 5.73. The maximum absolute atomic E-state index is 11.2. The quantitative estimate of drug-likeness (QED) is 0.358. The van der Waals surface area contributed by atoms with E-state index < -0.39 is 10.9 Å². The monoisotopic (exact) mass is 251 g/mol. The van der Waals surface area contributed by atoms with Crippen molar-refractivity contribution in [2.24, 2.45) is 0 Å². The van der Waals surface area contributed by atoms with Crippen LogP contribution in [0.3, 0.4) is 0 Å². The molecule has 1 aromatic rings. The Hall–Kier alpha value is -1.91. The Morgan fingerprint density at radius 1 is 1.39 bits per heavy atom. The predicted octanol–water partition coefficient (Wildman–Crippen LogP) is 3.21. The third-order valence-electron chi connectivity index (χ3n) is 2.53. The number of nitro groups is 1. The lowest BCUT2D eigenvalue weighted by atomic mass is 9.87. The van der Waals surface area contributed by atoms with E-state index in [1.807, 2.05) is 20.8 Å². The van der Waals surface area contributed by atoms with Crippen LogP contribution in [-0.4, -0.2) is 10.9 Å². The van der Waals surface area contributed by atoms with Crippen LogP contribution in [-0.2, 0) is 10.2 Å². The van der Waals surface area contributed by atoms with Crippen LogP contribution in [0.4, 0.5) is 5.69 Å². The maximum Gasteiger partial charge on any atom is 0.311 e. The van der Waals surface area contributed by atoms with Crippen molar-refractivity contribution in [3.63, 3.8) is 0 Å². The lowest BCUT2D eigenvalue weighted by molar-refractivity contribution is -0.385. The molecule has 0 aliphatic carbocycles. The number of hydrogen-bond acceptors (Lipinski definition) is 4. The molecule has 1 aromatic carbocycles. The van der Waals surface area contributed by atoms with Gasteiger partial charge < -0.3 is 4.74 Å². The third kappa shape index (κ3) is 3.29. The molecule has 18 heavy (non-hydrogen) atoms. The van der Waals surface area contributed by atoms with E-state index in [9.17, 15) is 14.9 Å². The number of nitrogens with zero attached hydrogens (tertiary/aromatic N) is 1. The second-order valence-electron chi connectivity index (χ2n) is 5.02. The number of esters is 1. The van der Waals surface area contributed by atoms with E-state index in [1.54, 1.807) is 13.0 Å². The van der Waals surface area contributed by atoms with Gasteiger partial charge >= 0.3 is 11.7 Å². The first-order valence-electron chi connectivity index (χ1n) is 5.75. The van der Waals surface area contributed by atoms with Crippen LogP contribution < -0.4 is 4.74 Å². The number of ether oxygens (including phenoxy) is 1. The molecule has 0 aliphatic rings. The minimum absolute atomic E-state index is 0.000139. The van der Waals surface area contributed by atoms with Gasteiger partial charge in [-0.3, -0.25) is 14.9 Å². The summed E-state index contributed by atoms with van der Waals surface area (Å²) in [5.41, 5.74) is 0.452. The minimum Gasteiger partial charge on any atom is -0.419 e. The van der Waals surface area contributed by atoms with E-state index in [1.165, 1.54) is 12.1 Å². The molecular weight excluding hydrogens is 234 g/mol. The first-order valence-corrected chi connectivity index (χ1v) is 5.75. The van der Waals surface area contributed by atoms with Gasteiger partial charge in [-0.2, -0.15) is 0 Å². The van der Waals surface area contributed by atoms with Crippen LogP contribution in [0.1, 0.15) is 39.7 Å². The maximum atomic E-state index is 11.2. The molecular formula is C13H17NO4. The summed E-state index contributed by atoms with van der Waals surface area (Å²) >= 11 is 0. The van der Waals surface area contributed by atoms with Gasteiger partial charge in [0.15, 0.2) is 0 Å². The van der Waals surface area contributed by atoms with Crippen LogP contribution in [0, 0.1) is 10.1 Å². The summed E-state index contributed by atoms with van der Waals surface area (Å²) in [6.45, 7) is 7.52. The largest absolute Gasteiger partial charge is 0.419 e. The van der Waals surface area contributed by atoms with Crippen LogP contribution >= 0.6 is 0 Å². The SMILES string of the molecule is CCC(=O)Oc1ccc(C(C)(C)C)cc1[N+](=O)[O-]. The van der Waals surface area contributed by atoms with E-state index in [-0.39, 0.29) is 23.3 Å². The Morgan fingerprint density at radius 2 is 2.00 bits per heavy atom. The lowest BCUT2D eigenvalue weighted by Crippen LogP contribution is -2.12. The van der Waals surface area contributed by atoms with Crippen LogP contribution in [0.5, 0.6) is 5.75 Å². The summed E-state index contributed by atoms with van der Waals surface area (Å²) < 4.78 is 4.94. The Bertz CT molecular complexity index is 474. The minimum atomic E-state index is -0.534. The molecule has 0 N–H and O–H groups in total. The highest BCUT2D eigenvalue weighted by Crippen LogP contribution is 2.33. The fourth-order valence-corrected chi connectivity index (χ4v) is 1.41. The Morgan fingerprint density at radius 3 is 2.44 bits per heavy atom. The normalized spacial score (nSPS) is 11.1. The zero-order chi connectivity index (χ0) is 13.9. The van der Waals surface area contributed by atoms with Gasteiger partial charge in [0.25, 0.3) is 0 Å². The number of hydrogen-bond donors (Lipinski definition) is 0. The van der Waals surface area contributed by atoms with Crippen molar-refractivity contribution in [2.75, 3.05) is 0 Å². The van der Waals surface area contributed by atoms with Crippen molar-refractivity contribution in [2.45, 2.75) is 39.5 Å². The molecule has 5 heteroatoms. The molecule has 0 spiro atoms. The van der Waals surface area contributed by atoms with Crippen LogP contribution in [0.25, 0.3) is 0 Å². The molecule has 0 atom stereocenters. The molecule has 0 heterocycles. The zero-order valence-corrected chi connectivity index (χ0v) is 11.0. The third-order valence-corrected chi connectivity index (χ3v) is 2.53. The fraction of sp³-hybridized carbons (Fsp3) is 0.462. The first-order chi connectivity index (χ1) is 8.25. The summed E-state index contributed by atoms with van der Waals surface area (Å²) in [4.78, 5) is 21.6. The Labute approximate surface area is 106 Å². The van der Waals surface area contributed by atoms with Gasteiger partial charge in [0.1, 0.15) is 0 Å². The smallest absolute Gasteiger partial charge is 0.311 e. The zero-order valence-electron chi connectivity index (χ0n) is 11.0. The molecule has 98 valence electrons. The molecule has 0 saturated heterocycles. The van der Waals surface area contributed by atoms with Crippen molar-refractivity contribution >= 4 is 11.7 Å². The van der Waals surface area contributed by atoms with Crippen molar-refractivity contribution in [3.8, 4) is 5.75 Å². The lowest BCUT2D eigenvalue weighted by Gasteiger charge is -2.19. The van der Waals surface area contributed by atoms with Crippen molar-refractivity contribution in [1.82, 2.24) is 0 Å². The van der Waals surface area contributed by atoms with Crippen molar-refractivity contribution < 1.29 is 14.5 Å². The molecule has 0 aromatic heterocycles. The molecule has 0 amide bonds. The van der Waals surface area contributed by atoms with Crippen LogP contribution in [0.15, 0.2) is 18.2 Å². The number of benzene rings is 1. The first kappa shape index (κ1) is 14.2. The summed E-state index contributed by atoms with van der Waals surface area (Å²) in [7, 11) is 0. The standard InChI is InChI=1S/C13H17NO4/c1-5-12(15)18-11-7-6-9(13(2,3)4)8-10(11)14(16)17/h6-8H,5H2,1-4H3. The molecule has 0 bridgehead atoms. The van der Waals surface area contributed by atoms with E-state index >= 15 is 0 Å². The second kappa shape index (κ2) is 5.16. The number of carbonyl (C=O) groups is 1. The molecule has 5 nitrogen and oxygen atoms in total. The fourth-order valence-electron chi connectivity index (χ4n) is 1.41. The van der Waals surface area contributed by atoms with Crippen molar-refractivity contribution in [1.29, 1.82) is 0 Å². The Kier molecular flexibility index (Phi) is 4.06. The molecule has 0 radical (unpaired) electrons. The van der Waals surface area contributed by atoms with Crippen LogP contribution in [0.2, 0.25) is 0 Å². The van der Waals surface area contributed by atoms with Gasteiger partial charge in [-0.05, 0) is 17.0 Å². The van der Waals surface area contributed by atoms with Crippen molar-refractivity contribution in [3.05, 3.63) is 33.9 Å². The summed E-state index contributed by atoms with van der Waals surface area (Å²) in [6, 6.07) is 4.68. The van der Waals surface area contributed by atoms with Gasteiger partial charge in [0.05, 0.1) is 4.92 Å². The van der Waals surface area contributed by atoms with Gasteiger partial charge in [0.2, 0.25) is 5.75 Å². The summed E-state index contributed by atoms with van der Waals surface area (Å²) in [6.07, 6.45) is 0.179. The van der Waals surface area contributed by atoms with E-state index in [0.29, 0.717) is 0 Å². The highest BCUT2D eigenvalue weighted by atomic mass is 16.6. The Balaban J connectivity index is 3.21. The van der Waals surface area contributed by atoms with Gasteiger partial charge in [-0.15, -0.1) is 0 Å². The molecule has 1 rings (SSSR count). The number of carbonyl (C=O) groups excluding carboxylic acids is 1. The van der Waals surface area contributed by atoms with E-state index in [0.717, 1.165) is 5.56 Å². The average Bonchev–Trinajstić information content (AvgIpc) is 2.27. The molecule has 0 unspecified atom stereocenters. The molecule has 0 saturated carbocycles. The molecule has 0 fully saturated rings. The number of rotatable bonds is 3. The van der Waals surface area contributed by atoms with Gasteiger partial charge in [0, 0.05) is 12.5 Å². The molecule has 0 aliphatic heterocycles. The van der Waals surface area contributed by atoms with E-state index in [2.05, 4.69) is 0 Å². The van der Waals surface area contributed by atoms with Gasteiger partial charge in [-0.25, -0.2) is 0 Å². The summed E-state index contributed by atoms with van der Waals surface area (Å²) in [5.74, 6) is -0.485. The topological polar surface area (TPSA) is 69.4 Å². The predicted molar refractivity (Wildman–Crippen MR) is 67.7 cm³/mol. The average molecular weight is 251 g/mol. The van der Waals surface area contributed by atoms with Gasteiger partial charge in [-0.1, -0.05) is 33.8 Å². The highest BCUT2D eigenvalue weighted by Gasteiger charge is 2.22. The second-order valence-corrected chi connectivity index (χ2v) is 5.02. The number of nitro benzene ring substituents is 1.